The predicted molar refractivity (Wildman–Crippen MR) is 79.8 cm³/mol. The van der Waals surface area contributed by atoms with Crippen molar-refractivity contribution < 1.29 is 14.8 Å². The minimum atomic E-state index is -0.727. The van der Waals surface area contributed by atoms with Crippen LogP contribution in [0.3, 0.4) is 0 Å². The molecule has 0 bridgehead atoms. The van der Waals surface area contributed by atoms with Gasteiger partial charge in [-0.1, -0.05) is 6.07 Å². The van der Waals surface area contributed by atoms with Gasteiger partial charge in [0.2, 0.25) is 5.91 Å². The fourth-order valence-corrected chi connectivity index (χ4v) is 2.24. The van der Waals surface area contributed by atoms with Crippen LogP contribution in [0, 0.1) is 24.0 Å². The minimum absolute atomic E-state index is 0.0344. The lowest BCUT2D eigenvalue weighted by atomic mass is 10.2. The molecule has 0 fully saturated rings. The standard InChI is InChI=1S/C14H16N4O4/c1-8-13(18(21)22)9(2)17(16-8)10(3)14(20)15-11-5-4-6-12(19)7-11/h4-7,10,19H,1-3H3,(H,15,20). The van der Waals surface area contributed by atoms with Gasteiger partial charge in [-0.15, -0.1) is 0 Å². The molecule has 2 rings (SSSR count). The van der Waals surface area contributed by atoms with Gasteiger partial charge in [-0.3, -0.25) is 19.6 Å². The SMILES string of the molecule is Cc1nn(C(C)C(=O)Nc2cccc(O)c2)c(C)c1[N+](=O)[O-]. The summed E-state index contributed by atoms with van der Waals surface area (Å²) in [5.74, 6) is -0.349. The van der Waals surface area contributed by atoms with Gasteiger partial charge in [0.05, 0.1) is 4.92 Å². The van der Waals surface area contributed by atoms with E-state index < -0.39 is 11.0 Å². The summed E-state index contributed by atoms with van der Waals surface area (Å²) in [5, 5.41) is 27.1. The van der Waals surface area contributed by atoms with Crippen LogP contribution in [-0.4, -0.2) is 25.7 Å². The molecule has 1 aromatic carbocycles. The topological polar surface area (TPSA) is 110 Å². The van der Waals surface area contributed by atoms with Crippen LogP contribution in [0.25, 0.3) is 0 Å². The Labute approximate surface area is 126 Å². The maximum absolute atomic E-state index is 12.2. The van der Waals surface area contributed by atoms with E-state index in [0.29, 0.717) is 11.4 Å². The lowest BCUT2D eigenvalue weighted by Gasteiger charge is -2.14. The summed E-state index contributed by atoms with van der Waals surface area (Å²) in [6.45, 7) is 4.68. The zero-order valence-electron chi connectivity index (χ0n) is 12.4. The van der Waals surface area contributed by atoms with E-state index in [1.165, 1.54) is 23.7 Å². The van der Waals surface area contributed by atoms with Crippen molar-refractivity contribution in [2.45, 2.75) is 26.8 Å². The third-order valence-electron chi connectivity index (χ3n) is 3.33. The molecule has 1 heterocycles. The number of amides is 1. The largest absolute Gasteiger partial charge is 0.508 e. The molecule has 8 heteroatoms. The fraction of sp³-hybridized carbons (Fsp3) is 0.286. The zero-order valence-corrected chi connectivity index (χ0v) is 12.4. The molecule has 1 amide bonds. The smallest absolute Gasteiger partial charge is 0.312 e. The molecule has 0 saturated carbocycles. The Bertz CT molecular complexity index is 738. The molecule has 2 N–H and O–H groups in total. The van der Waals surface area contributed by atoms with Crippen molar-refractivity contribution in [1.82, 2.24) is 9.78 Å². The molecule has 1 atom stereocenters. The molecule has 0 spiro atoms. The van der Waals surface area contributed by atoms with Crippen LogP contribution < -0.4 is 5.32 Å². The van der Waals surface area contributed by atoms with E-state index in [1.54, 1.807) is 26.0 Å². The quantitative estimate of drug-likeness (QED) is 0.665. The summed E-state index contributed by atoms with van der Waals surface area (Å²) in [7, 11) is 0. The van der Waals surface area contributed by atoms with Crippen molar-refractivity contribution in [2.75, 3.05) is 5.32 Å². The Balaban J connectivity index is 2.24. The van der Waals surface area contributed by atoms with Crippen LogP contribution in [0.1, 0.15) is 24.4 Å². The van der Waals surface area contributed by atoms with E-state index in [0.717, 1.165) is 0 Å². The van der Waals surface area contributed by atoms with Gasteiger partial charge in [0, 0.05) is 11.8 Å². The van der Waals surface area contributed by atoms with Crippen LogP contribution in [0.5, 0.6) is 5.75 Å². The molecule has 0 saturated heterocycles. The third-order valence-corrected chi connectivity index (χ3v) is 3.33. The van der Waals surface area contributed by atoms with Gasteiger partial charge in [-0.2, -0.15) is 5.10 Å². The number of aromatic nitrogens is 2. The number of phenols is 1. The third kappa shape index (κ3) is 2.90. The summed E-state index contributed by atoms with van der Waals surface area (Å²) >= 11 is 0. The molecule has 0 aliphatic carbocycles. The highest BCUT2D eigenvalue weighted by Gasteiger charge is 2.27. The Morgan fingerprint density at radius 1 is 1.45 bits per heavy atom. The number of carbonyl (C=O) groups is 1. The van der Waals surface area contributed by atoms with E-state index >= 15 is 0 Å². The van der Waals surface area contributed by atoms with Crippen molar-refractivity contribution in [3.63, 3.8) is 0 Å². The first-order valence-electron chi connectivity index (χ1n) is 6.61. The molecular formula is C14H16N4O4. The summed E-state index contributed by atoms with van der Waals surface area (Å²) in [4.78, 5) is 22.7. The second-order valence-corrected chi connectivity index (χ2v) is 4.94. The molecule has 1 aromatic heterocycles. The zero-order chi connectivity index (χ0) is 16.4. The van der Waals surface area contributed by atoms with E-state index in [-0.39, 0.29) is 23.0 Å². The second-order valence-electron chi connectivity index (χ2n) is 4.94. The lowest BCUT2D eigenvalue weighted by Crippen LogP contribution is -2.25. The number of anilines is 1. The summed E-state index contributed by atoms with van der Waals surface area (Å²) in [6.07, 6.45) is 0. The highest BCUT2D eigenvalue weighted by molar-refractivity contribution is 5.93. The number of phenolic OH excluding ortho intramolecular Hbond substituents is 1. The van der Waals surface area contributed by atoms with Crippen molar-refractivity contribution >= 4 is 17.3 Å². The highest BCUT2D eigenvalue weighted by atomic mass is 16.6. The molecule has 0 radical (unpaired) electrons. The van der Waals surface area contributed by atoms with Gasteiger partial charge >= 0.3 is 5.69 Å². The predicted octanol–water partition coefficient (Wildman–Crippen LogP) is 2.31. The molecule has 8 nitrogen and oxygen atoms in total. The Kier molecular flexibility index (Phi) is 4.11. The highest BCUT2D eigenvalue weighted by Crippen LogP contribution is 2.25. The average molecular weight is 304 g/mol. The van der Waals surface area contributed by atoms with Crippen LogP contribution >= 0.6 is 0 Å². The molecule has 22 heavy (non-hydrogen) atoms. The van der Waals surface area contributed by atoms with Gasteiger partial charge in [-0.25, -0.2) is 0 Å². The maximum Gasteiger partial charge on any atom is 0.312 e. The molecule has 0 aliphatic heterocycles. The van der Waals surface area contributed by atoms with Gasteiger partial charge in [0.15, 0.2) is 0 Å². The van der Waals surface area contributed by atoms with Crippen molar-refractivity contribution in [3.8, 4) is 5.75 Å². The summed E-state index contributed by atoms with van der Waals surface area (Å²) in [5.41, 5.74) is 0.936. The first-order chi connectivity index (χ1) is 10.3. The molecule has 0 aliphatic rings. The Hall–Kier alpha value is -2.90. The number of hydrogen-bond acceptors (Lipinski definition) is 5. The average Bonchev–Trinajstić information content (AvgIpc) is 2.73. The van der Waals surface area contributed by atoms with Gasteiger partial charge in [0.1, 0.15) is 23.2 Å². The number of aromatic hydroxyl groups is 1. The monoisotopic (exact) mass is 304 g/mol. The number of nitrogens with one attached hydrogen (secondary N) is 1. The van der Waals surface area contributed by atoms with Crippen molar-refractivity contribution in [2.24, 2.45) is 0 Å². The van der Waals surface area contributed by atoms with E-state index in [4.69, 9.17) is 0 Å². The second kappa shape index (κ2) is 5.84. The lowest BCUT2D eigenvalue weighted by molar-refractivity contribution is -0.386. The van der Waals surface area contributed by atoms with E-state index in [2.05, 4.69) is 10.4 Å². The number of nitrogens with zero attached hydrogens (tertiary/aromatic N) is 3. The molecule has 1 unspecified atom stereocenters. The number of benzene rings is 1. The normalized spacial score (nSPS) is 12.0. The number of nitro groups is 1. The van der Waals surface area contributed by atoms with Gasteiger partial charge < -0.3 is 10.4 Å². The van der Waals surface area contributed by atoms with Crippen LogP contribution in [-0.2, 0) is 4.79 Å². The van der Waals surface area contributed by atoms with Crippen LogP contribution in [0.15, 0.2) is 24.3 Å². The minimum Gasteiger partial charge on any atom is -0.508 e. The molecule has 2 aromatic rings. The van der Waals surface area contributed by atoms with Crippen LogP contribution in [0.2, 0.25) is 0 Å². The van der Waals surface area contributed by atoms with Gasteiger partial charge in [-0.05, 0) is 32.9 Å². The van der Waals surface area contributed by atoms with Crippen LogP contribution in [0.4, 0.5) is 11.4 Å². The van der Waals surface area contributed by atoms with Crippen molar-refractivity contribution in [1.29, 1.82) is 0 Å². The molecule has 116 valence electrons. The van der Waals surface area contributed by atoms with Crippen molar-refractivity contribution in [3.05, 3.63) is 45.8 Å². The number of carbonyl (C=O) groups excluding carboxylic acids is 1. The Morgan fingerprint density at radius 2 is 2.14 bits per heavy atom. The first-order valence-corrected chi connectivity index (χ1v) is 6.61. The number of rotatable bonds is 4. The Morgan fingerprint density at radius 3 is 2.68 bits per heavy atom. The maximum atomic E-state index is 12.2. The summed E-state index contributed by atoms with van der Waals surface area (Å²) in [6, 6.07) is 5.41. The van der Waals surface area contributed by atoms with Gasteiger partial charge in [0.25, 0.3) is 0 Å². The fourth-order valence-electron chi connectivity index (χ4n) is 2.24. The first kappa shape index (κ1) is 15.5. The number of aryl methyl sites for hydroxylation is 1. The van der Waals surface area contributed by atoms with E-state index in [9.17, 15) is 20.0 Å². The summed E-state index contributed by atoms with van der Waals surface area (Å²) < 4.78 is 1.32. The van der Waals surface area contributed by atoms with E-state index in [1.807, 2.05) is 0 Å². The molecular weight excluding hydrogens is 288 g/mol. The number of hydrogen-bond donors (Lipinski definition) is 2.